The number of hydrogen-bond acceptors (Lipinski definition) is 2. The molecule has 0 fully saturated rings. The number of carbonyl (C=O) groups is 1. The maximum absolute atomic E-state index is 12.7. The van der Waals surface area contributed by atoms with Gasteiger partial charge in [-0.3, -0.25) is 4.79 Å². The summed E-state index contributed by atoms with van der Waals surface area (Å²) < 4.78 is 5.52. The topological polar surface area (TPSA) is 29.5 Å². The first-order valence-corrected chi connectivity index (χ1v) is 7.11. The van der Waals surface area contributed by atoms with Crippen LogP contribution < -0.4 is 4.90 Å². The molecule has 3 heteroatoms. The van der Waals surface area contributed by atoms with Gasteiger partial charge in [0.15, 0.2) is 6.10 Å². The van der Waals surface area contributed by atoms with E-state index in [0.29, 0.717) is 6.54 Å². The highest BCUT2D eigenvalue weighted by Crippen LogP contribution is 2.41. The van der Waals surface area contributed by atoms with E-state index in [0.717, 1.165) is 16.8 Å². The average molecular weight is 277 g/mol. The maximum Gasteiger partial charge on any atom is 0.269 e. The number of para-hydroxylation sites is 1. The number of benzene rings is 2. The summed E-state index contributed by atoms with van der Waals surface area (Å²) in [6, 6.07) is 18.1. The fourth-order valence-corrected chi connectivity index (χ4v) is 3.10. The van der Waals surface area contributed by atoms with E-state index in [1.165, 1.54) is 0 Å². The summed E-state index contributed by atoms with van der Waals surface area (Å²) in [6.45, 7) is 0.573. The van der Waals surface area contributed by atoms with Crippen molar-refractivity contribution in [2.75, 3.05) is 4.90 Å². The molecule has 1 amide bonds. The van der Waals surface area contributed by atoms with E-state index in [1.807, 2.05) is 59.5 Å². The molecule has 2 aromatic rings. The van der Waals surface area contributed by atoms with E-state index in [-0.39, 0.29) is 11.8 Å². The first-order valence-electron chi connectivity index (χ1n) is 7.11. The van der Waals surface area contributed by atoms with Gasteiger partial charge >= 0.3 is 0 Å². The van der Waals surface area contributed by atoms with Crippen molar-refractivity contribution >= 4 is 11.6 Å². The molecule has 0 N–H and O–H groups in total. The Balaban J connectivity index is 1.77. The monoisotopic (exact) mass is 277 g/mol. The van der Waals surface area contributed by atoms with Crippen molar-refractivity contribution < 1.29 is 9.53 Å². The number of fused-ring (bicyclic) bond motifs is 3. The molecular weight excluding hydrogens is 262 g/mol. The molecule has 0 saturated carbocycles. The van der Waals surface area contributed by atoms with E-state index in [4.69, 9.17) is 4.74 Å². The zero-order chi connectivity index (χ0) is 14.2. The molecular formula is C18H15NO2. The van der Waals surface area contributed by atoms with Crippen LogP contribution in [0.5, 0.6) is 0 Å². The quantitative estimate of drug-likeness (QED) is 0.843. The fraction of sp³-hybridized carbons (Fsp3) is 0.167. The summed E-state index contributed by atoms with van der Waals surface area (Å²) in [4.78, 5) is 14.6. The van der Waals surface area contributed by atoms with E-state index < -0.39 is 6.10 Å². The largest absolute Gasteiger partial charge is 0.488 e. The van der Waals surface area contributed by atoms with Gasteiger partial charge in [0.05, 0.1) is 18.7 Å². The molecule has 0 unspecified atom stereocenters. The van der Waals surface area contributed by atoms with E-state index in [2.05, 4.69) is 6.07 Å². The van der Waals surface area contributed by atoms with Crippen LogP contribution in [-0.2, 0) is 16.1 Å². The van der Waals surface area contributed by atoms with Gasteiger partial charge in [0.2, 0.25) is 0 Å². The van der Waals surface area contributed by atoms with Gasteiger partial charge < -0.3 is 9.64 Å². The highest BCUT2D eigenvalue weighted by molar-refractivity contribution is 6.01. The number of carbonyl (C=O) groups excluding carboxylic acids is 1. The third kappa shape index (κ3) is 1.93. The summed E-state index contributed by atoms with van der Waals surface area (Å²) in [5, 5.41) is 0. The lowest BCUT2D eigenvalue weighted by Crippen LogP contribution is -2.45. The van der Waals surface area contributed by atoms with Gasteiger partial charge in [-0.2, -0.15) is 0 Å². The Morgan fingerprint density at radius 1 is 1.00 bits per heavy atom. The SMILES string of the molecule is O=C1[C@@H]2OC=C[C@H]2c2ccccc2N1Cc1ccccc1. The van der Waals surface area contributed by atoms with Crippen molar-refractivity contribution in [3.8, 4) is 0 Å². The summed E-state index contributed by atoms with van der Waals surface area (Å²) >= 11 is 0. The number of anilines is 1. The summed E-state index contributed by atoms with van der Waals surface area (Å²) in [5.74, 6) is 0.0771. The lowest BCUT2D eigenvalue weighted by molar-refractivity contribution is -0.127. The van der Waals surface area contributed by atoms with Gasteiger partial charge in [-0.15, -0.1) is 0 Å². The molecule has 0 aromatic heterocycles. The zero-order valence-corrected chi connectivity index (χ0v) is 11.5. The summed E-state index contributed by atoms with van der Waals surface area (Å²) in [6.07, 6.45) is 3.21. The number of rotatable bonds is 2. The van der Waals surface area contributed by atoms with Crippen LogP contribution in [0.2, 0.25) is 0 Å². The van der Waals surface area contributed by atoms with Crippen LogP contribution in [0.4, 0.5) is 5.69 Å². The van der Waals surface area contributed by atoms with Gasteiger partial charge in [-0.05, 0) is 23.3 Å². The minimum absolute atomic E-state index is 0.0348. The molecule has 104 valence electrons. The molecule has 2 heterocycles. The van der Waals surface area contributed by atoms with Crippen LogP contribution in [-0.4, -0.2) is 12.0 Å². The zero-order valence-electron chi connectivity index (χ0n) is 11.5. The number of hydrogen-bond donors (Lipinski definition) is 0. The van der Waals surface area contributed by atoms with Crippen LogP contribution in [0, 0.1) is 0 Å². The Hall–Kier alpha value is -2.55. The van der Waals surface area contributed by atoms with Gasteiger partial charge in [0, 0.05) is 5.69 Å². The van der Waals surface area contributed by atoms with Crippen molar-refractivity contribution in [1.29, 1.82) is 0 Å². The molecule has 2 aliphatic rings. The van der Waals surface area contributed by atoms with E-state index >= 15 is 0 Å². The van der Waals surface area contributed by atoms with E-state index in [1.54, 1.807) is 6.26 Å². The normalized spacial score (nSPS) is 22.7. The molecule has 3 nitrogen and oxygen atoms in total. The van der Waals surface area contributed by atoms with Crippen molar-refractivity contribution in [2.45, 2.75) is 18.6 Å². The second-order valence-electron chi connectivity index (χ2n) is 5.38. The molecule has 2 aromatic carbocycles. The minimum atomic E-state index is -0.413. The van der Waals surface area contributed by atoms with Crippen LogP contribution in [0.15, 0.2) is 66.9 Å². The van der Waals surface area contributed by atoms with Gasteiger partial charge in [-0.1, -0.05) is 48.5 Å². The summed E-state index contributed by atoms with van der Waals surface area (Å²) in [7, 11) is 0. The smallest absolute Gasteiger partial charge is 0.269 e. The highest BCUT2D eigenvalue weighted by Gasteiger charge is 2.42. The molecule has 21 heavy (non-hydrogen) atoms. The van der Waals surface area contributed by atoms with Crippen molar-refractivity contribution in [1.82, 2.24) is 0 Å². The molecule has 0 radical (unpaired) electrons. The molecule has 2 atom stereocenters. The lowest BCUT2D eigenvalue weighted by atomic mass is 9.88. The van der Waals surface area contributed by atoms with Crippen LogP contribution in [0.3, 0.4) is 0 Å². The van der Waals surface area contributed by atoms with Crippen LogP contribution in [0.1, 0.15) is 17.0 Å². The Morgan fingerprint density at radius 3 is 2.62 bits per heavy atom. The van der Waals surface area contributed by atoms with Crippen molar-refractivity contribution in [3.63, 3.8) is 0 Å². The second kappa shape index (κ2) is 4.77. The molecule has 0 aliphatic carbocycles. The summed E-state index contributed by atoms with van der Waals surface area (Å²) in [5.41, 5.74) is 3.26. The predicted octanol–water partition coefficient (Wildman–Crippen LogP) is 3.23. The third-order valence-corrected chi connectivity index (χ3v) is 4.12. The van der Waals surface area contributed by atoms with Gasteiger partial charge in [0.1, 0.15) is 0 Å². The Bertz CT molecular complexity index is 708. The number of ether oxygens (including phenoxy) is 1. The Kier molecular flexibility index (Phi) is 2.78. The predicted molar refractivity (Wildman–Crippen MR) is 80.8 cm³/mol. The molecule has 2 aliphatic heterocycles. The standard InChI is InChI=1S/C18H15NO2/c20-18-17-15(10-11-21-17)14-8-4-5-9-16(14)19(18)12-13-6-2-1-3-7-13/h1-11,15,17H,12H2/t15-,17+/m0/s1. The second-order valence-corrected chi connectivity index (χ2v) is 5.38. The lowest BCUT2D eigenvalue weighted by Gasteiger charge is -2.35. The molecule has 4 rings (SSSR count). The fourth-order valence-electron chi connectivity index (χ4n) is 3.10. The Labute approximate surface area is 123 Å². The third-order valence-electron chi connectivity index (χ3n) is 4.12. The number of nitrogens with zero attached hydrogens (tertiary/aromatic N) is 1. The molecule has 0 saturated heterocycles. The van der Waals surface area contributed by atoms with E-state index in [9.17, 15) is 4.79 Å². The van der Waals surface area contributed by atoms with Crippen molar-refractivity contribution in [3.05, 3.63) is 78.1 Å². The highest BCUT2D eigenvalue weighted by atomic mass is 16.5. The minimum Gasteiger partial charge on any atom is -0.488 e. The van der Waals surface area contributed by atoms with Crippen LogP contribution >= 0.6 is 0 Å². The molecule has 0 bridgehead atoms. The first-order chi connectivity index (χ1) is 10.3. The van der Waals surface area contributed by atoms with Crippen LogP contribution in [0.25, 0.3) is 0 Å². The van der Waals surface area contributed by atoms with Gasteiger partial charge in [0.25, 0.3) is 5.91 Å². The van der Waals surface area contributed by atoms with Gasteiger partial charge in [-0.25, -0.2) is 0 Å². The average Bonchev–Trinajstić information content (AvgIpc) is 3.02. The number of amides is 1. The van der Waals surface area contributed by atoms with Crippen molar-refractivity contribution in [2.24, 2.45) is 0 Å². The maximum atomic E-state index is 12.7. The first kappa shape index (κ1) is 12.2. The molecule has 0 spiro atoms. The Morgan fingerprint density at radius 2 is 1.76 bits per heavy atom.